The van der Waals surface area contributed by atoms with E-state index in [1.165, 1.54) is 29.6 Å². The van der Waals surface area contributed by atoms with Crippen LogP contribution in [0.3, 0.4) is 0 Å². The Balaban J connectivity index is 1.87. The van der Waals surface area contributed by atoms with Crippen LogP contribution in [-0.2, 0) is 0 Å². The number of rotatable bonds is 5. The minimum atomic E-state index is -1.08. The Labute approximate surface area is 167 Å². The normalized spacial score (nSPS) is 14.4. The third-order valence-corrected chi connectivity index (χ3v) is 5.30. The van der Waals surface area contributed by atoms with Crippen LogP contribution in [0.2, 0.25) is 0 Å². The van der Waals surface area contributed by atoms with Crippen LogP contribution in [0.5, 0.6) is 0 Å². The number of carboxylic acid groups (broad SMARTS) is 1. The second-order valence-corrected chi connectivity index (χ2v) is 7.21. The fraction of sp³-hybridized carbons (Fsp3) is 0.400. The third-order valence-electron chi connectivity index (χ3n) is 5.30. The lowest BCUT2D eigenvalue weighted by Crippen LogP contribution is -2.30. The van der Waals surface area contributed by atoms with Crippen molar-refractivity contribution in [1.29, 1.82) is 0 Å². The van der Waals surface area contributed by atoms with Crippen molar-refractivity contribution in [2.24, 2.45) is 0 Å². The highest BCUT2D eigenvalue weighted by Crippen LogP contribution is 2.32. The highest BCUT2D eigenvalue weighted by molar-refractivity contribution is 5.93. The number of hydrogen-bond donors (Lipinski definition) is 1. The zero-order valence-electron chi connectivity index (χ0n) is 16.5. The molecule has 0 atom stereocenters. The maximum atomic E-state index is 14.9. The lowest BCUT2D eigenvalue weighted by Gasteiger charge is -2.29. The van der Waals surface area contributed by atoms with Crippen molar-refractivity contribution in [3.63, 3.8) is 0 Å². The van der Waals surface area contributed by atoms with Gasteiger partial charge < -0.3 is 14.9 Å². The van der Waals surface area contributed by atoms with E-state index in [9.17, 15) is 9.18 Å². The summed E-state index contributed by atoms with van der Waals surface area (Å²) in [5, 5.41) is 13.9. The number of anilines is 2. The van der Waals surface area contributed by atoms with Gasteiger partial charge in [-0.25, -0.2) is 18.9 Å². The molecule has 1 saturated heterocycles. The summed E-state index contributed by atoms with van der Waals surface area (Å²) >= 11 is 0. The molecule has 9 heteroatoms. The Morgan fingerprint density at radius 1 is 1.24 bits per heavy atom. The lowest BCUT2D eigenvalue weighted by molar-refractivity contribution is 0.0697. The molecule has 0 bridgehead atoms. The molecule has 0 radical (unpaired) electrons. The van der Waals surface area contributed by atoms with E-state index >= 15 is 0 Å². The van der Waals surface area contributed by atoms with Crippen LogP contribution in [0.1, 0.15) is 36.5 Å². The van der Waals surface area contributed by atoms with E-state index in [0.717, 1.165) is 31.3 Å². The summed E-state index contributed by atoms with van der Waals surface area (Å²) < 4.78 is 16.2. The maximum absolute atomic E-state index is 14.9. The lowest BCUT2D eigenvalue weighted by atomic mass is 10.1. The van der Waals surface area contributed by atoms with Crippen molar-refractivity contribution in [2.75, 3.05) is 36.5 Å². The number of halogens is 1. The molecule has 3 heterocycles. The average Bonchev–Trinajstić information content (AvgIpc) is 3.23. The van der Waals surface area contributed by atoms with E-state index in [1.807, 2.05) is 24.9 Å². The number of aromatic carboxylic acids is 1. The van der Waals surface area contributed by atoms with Crippen molar-refractivity contribution in [3.8, 4) is 5.95 Å². The SMILES string of the molecule is CCN(C)c1nc(-n2cc(C(=O)O)cn2)nc2cc(F)c(N3CCCCC3)cc12. The number of fused-ring (bicyclic) bond motifs is 1. The van der Waals surface area contributed by atoms with Gasteiger partial charge in [-0.15, -0.1) is 0 Å². The fourth-order valence-electron chi connectivity index (χ4n) is 3.57. The van der Waals surface area contributed by atoms with E-state index in [0.29, 0.717) is 23.6 Å². The topological polar surface area (TPSA) is 87.4 Å². The van der Waals surface area contributed by atoms with Gasteiger partial charge >= 0.3 is 5.97 Å². The van der Waals surface area contributed by atoms with Crippen molar-refractivity contribution < 1.29 is 14.3 Å². The highest BCUT2D eigenvalue weighted by Gasteiger charge is 2.20. The van der Waals surface area contributed by atoms with Crippen molar-refractivity contribution >= 4 is 28.4 Å². The second kappa shape index (κ2) is 7.65. The molecule has 0 spiro atoms. The van der Waals surface area contributed by atoms with Crippen LogP contribution in [0.4, 0.5) is 15.9 Å². The van der Waals surface area contributed by atoms with E-state index < -0.39 is 5.97 Å². The summed E-state index contributed by atoms with van der Waals surface area (Å²) in [6, 6.07) is 3.26. The van der Waals surface area contributed by atoms with Gasteiger partial charge in [0.2, 0.25) is 0 Å². The fourth-order valence-corrected chi connectivity index (χ4v) is 3.57. The molecule has 1 aliphatic heterocycles. The first kappa shape index (κ1) is 19.1. The van der Waals surface area contributed by atoms with Crippen LogP contribution in [0.25, 0.3) is 16.9 Å². The molecule has 3 aromatic rings. The molecule has 29 heavy (non-hydrogen) atoms. The zero-order valence-corrected chi connectivity index (χ0v) is 16.5. The Hall–Kier alpha value is -3.23. The minimum absolute atomic E-state index is 0.0331. The monoisotopic (exact) mass is 398 g/mol. The van der Waals surface area contributed by atoms with Crippen molar-refractivity contribution in [1.82, 2.24) is 19.7 Å². The van der Waals surface area contributed by atoms with Gasteiger partial charge in [-0.05, 0) is 32.3 Å². The first-order valence-electron chi connectivity index (χ1n) is 9.73. The van der Waals surface area contributed by atoms with Gasteiger partial charge in [0.15, 0.2) is 0 Å². The highest BCUT2D eigenvalue weighted by atomic mass is 19.1. The average molecular weight is 398 g/mol. The second-order valence-electron chi connectivity index (χ2n) is 7.21. The molecule has 0 amide bonds. The predicted molar refractivity (Wildman–Crippen MR) is 109 cm³/mol. The molecule has 0 unspecified atom stereocenters. The molecule has 1 fully saturated rings. The van der Waals surface area contributed by atoms with Gasteiger partial charge in [-0.3, -0.25) is 0 Å². The molecule has 2 aromatic heterocycles. The third kappa shape index (κ3) is 3.59. The quantitative estimate of drug-likeness (QED) is 0.707. The summed E-state index contributed by atoms with van der Waals surface area (Å²) in [5.74, 6) is -0.551. The van der Waals surface area contributed by atoms with Gasteiger partial charge in [0.25, 0.3) is 5.95 Å². The summed E-state index contributed by atoms with van der Waals surface area (Å²) in [6.45, 7) is 4.37. The Bertz CT molecular complexity index is 1060. The van der Waals surface area contributed by atoms with Crippen LogP contribution < -0.4 is 9.80 Å². The number of benzene rings is 1. The van der Waals surface area contributed by atoms with E-state index in [2.05, 4.69) is 20.0 Å². The van der Waals surface area contributed by atoms with Gasteiger partial charge in [-0.1, -0.05) is 0 Å². The molecular formula is C20H23FN6O2. The van der Waals surface area contributed by atoms with Crippen molar-refractivity contribution in [3.05, 3.63) is 35.9 Å². The van der Waals surface area contributed by atoms with Gasteiger partial charge in [0.1, 0.15) is 11.6 Å². The summed E-state index contributed by atoms with van der Waals surface area (Å²) in [5.41, 5.74) is 1.06. The molecule has 8 nitrogen and oxygen atoms in total. The first-order chi connectivity index (χ1) is 14.0. The molecule has 0 saturated carbocycles. The van der Waals surface area contributed by atoms with Crippen LogP contribution in [0.15, 0.2) is 24.5 Å². The number of carbonyl (C=O) groups is 1. The standard InChI is InChI=1S/C20H23FN6O2/c1-3-25(2)18-14-9-17(26-7-5-4-6-8-26)15(21)10-16(14)23-20(24-18)27-12-13(11-22-27)19(28)29/h9-12H,3-8H2,1-2H3,(H,28,29). The maximum Gasteiger partial charge on any atom is 0.338 e. The number of piperidine rings is 1. The Kier molecular flexibility index (Phi) is 5.04. The van der Waals surface area contributed by atoms with Crippen LogP contribution in [-0.4, -0.2) is 57.5 Å². The largest absolute Gasteiger partial charge is 0.478 e. The van der Waals surface area contributed by atoms with Gasteiger partial charge in [-0.2, -0.15) is 10.1 Å². The number of nitrogens with zero attached hydrogens (tertiary/aromatic N) is 6. The number of carboxylic acids is 1. The van der Waals surface area contributed by atoms with Crippen LogP contribution in [0, 0.1) is 5.82 Å². The Morgan fingerprint density at radius 2 is 2.00 bits per heavy atom. The molecule has 1 N–H and O–H groups in total. The summed E-state index contributed by atoms with van der Waals surface area (Å²) in [6.07, 6.45) is 5.86. The molecule has 152 valence electrons. The van der Waals surface area contributed by atoms with Crippen molar-refractivity contribution in [2.45, 2.75) is 26.2 Å². The summed E-state index contributed by atoms with van der Waals surface area (Å²) in [7, 11) is 1.90. The van der Waals surface area contributed by atoms with Crippen LogP contribution >= 0.6 is 0 Å². The minimum Gasteiger partial charge on any atom is -0.478 e. The van der Waals surface area contributed by atoms with Gasteiger partial charge in [0.05, 0.1) is 23.0 Å². The van der Waals surface area contributed by atoms with E-state index in [-0.39, 0.29) is 17.3 Å². The number of aromatic nitrogens is 4. The molecule has 0 aliphatic carbocycles. The summed E-state index contributed by atoms with van der Waals surface area (Å²) in [4.78, 5) is 24.3. The van der Waals surface area contributed by atoms with Gasteiger partial charge in [0, 0.05) is 44.3 Å². The zero-order chi connectivity index (χ0) is 20.5. The molecule has 4 rings (SSSR count). The predicted octanol–water partition coefficient (Wildman–Crippen LogP) is 3.10. The van der Waals surface area contributed by atoms with E-state index in [1.54, 1.807) is 0 Å². The smallest absolute Gasteiger partial charge is 0.338 e. The van der Waals surface area contributed by atoms with E-state index in [4.69, 9.17) is 5.11 Å². The Morgan fingerprint density at radius 3 is 2.66 bits per heavy atom. The molecular weight excluding hydrogens is 375 g/mol. The molecule has 1 aliphatic rings. The molecule has 1 aromatic carbocycles. The first-order valence-corrected chi connectivity index (χ1v) is 9.73. The number of hydrogen-bond acceptors (Lipinski definition) is 6.